The minimum Gasteiger partial charge on any atom is -0.446 e. The molecule has 0 amide bonds. The van der Waals surface area contributed by atoms with Crippen LogP contribution in [0.4, 0.5) is 0 Å². The van der Waals surface area contributed by atoms with Gasteiger partial charge in [0.2, 0.25) is 0 Å². The van der Waals surface area contributed by atoms with E-state index in [0.717, 1.165) is 55.6 Å². The van der Waals surface area contributed by atoms with Gasteiger partial charge in [-0.2, -0.15) is 0 Å². The van der Waals surface area contributed by atoms with E-state index in [9.17, 15) is 9.59 Å². The number of carbonyl (C=O) groups is 2. The van der Waals surface area contributed by atoms with Crippen molar-refractivity contribution in [3.05, 3.63) is 131 Å². The zero-order valence-corrected chi connectivity index (χ0v) is 25.4. The highest BCUT2D eigenvalue weighted by atomic mass is 16.6. The van der Waals surface area contributed by atoms with Gasteiger partial charge in [0.15, 0.2) is 11.2 Å². The van der Waals surface area contributed by atoms with E-state index < -0.39 is 23.1 Å². The summed E-state index contributed by atoms with van der Waals surface area (Å²) < 4.78 is 12.7. The van der Waals surface area contributed by atoms with Crippen molar-refractivity contribution in [2.75, 3.05) is 0 Å². The van der Waals surface area contributed by atoms with Gasteiger partial charge >= 0.3 is 11.9 Å². The third kappa shape index (κ3) is 4.11. The highest BCUT2D eigenvalue weighted by Crippen LogP contribution is 2.56. The molecule has 4 heteroatoms. The first-order valence-electron chi connectivity index (χ1n) is 14.8. The van der Waals surface area contributed by atoms with Crippen molar-refractivity contribution >= 4 is 11.9 Å². The van der Waals surface area contributed by atoms with Gasteiger partial charge < -0.3 is 9.47 Å². The van der Waals surface area contributed by atoms with Gasteiger partial charge in [0.05, 0.1) is 0 Å². The second kappa shape index (κ2) is 10.2. The number of hydrogen-bond acceptors (Lipinski definition) is 4. The summed E-state index contributed by atoms with van der Waals surface area (Å²) in [7, 11) is 0. The lowest BCUT2D eigenvalue weighted by Crippen LogP contribution is -2.37. The SMILES string of the molecule is C=C(C)C(=O)OC1(CC)c2ccccc2-c2ccc(-c3ccc4c(c3)C(OC(=O)C(=C)C)(C(C)C)c3ccccc3-4)cc21. The van der Waals surface area contributed by atoms with Crippen LogP contribution in [0.15, 0.2) is 109 Å². The molecule has 0 aliphatic heterocycles. The van der Waals surface area contributed by atoms with Crippen molar-refractivity contribution in [3.8, 4) is 33.4 Å². The Labute approximate surface area is 253 Å². The fraction of sp³-hybridized carbons (Fsp3) is 0.231. The molecule has 216 valence electrons. The number of benzene rings is 4. The van der Waals surface area contributed by atoms with Crippen LogP contribution in [-0.2, 0) is 30.3 Å². The molecule has 4 aromatic rings. The van der Waals surface area contributed by atoms with Crippen molar-refractivity contribution in [2.45, 2.75) is 52.2 Å². The summed E-state index contributed by atoms with van der Waals surface area (Å²) in [5.41, 5.74) is 8.90. The van der Waals surface area contributed by atoms with Gasteiger partial charge in [-0.25, -0.2) is 9.59 Å². The van der Waals surface area contributed by atoms with Crippen molar-refractivity contribution < 1.29 is 19.1 Å². The molecular formula is C39H36O4. The minimum atomic E-state index is -0.963. The second-order valence-corrected chi connectivity index (χ2v) is 12.0. The third-order valence-electron chi connectivity index (χ3n) is 9.01. The van der Waals surface area contributed by atoms with Gasteiger partial charge in [0.1, 0.15) is 0 Å². The van der Waals surface area contributed by atoms with E-state index in [1.807, 2.05) is 37.3 Å². The Morgan fingerprint density at radius 3 is 1.67 bits per heavy atom. The van der Waals surface area contributed by atoms with Crippen LogP contribution in [0.25, 0.3) is 33.4 Å². The fourth-order valence-electron chi connectivity index (χ4n) is 6.85. The first kappa shape index (κ1) is 28.4. The van der Waals surface area contributed by atoms with Gasteiger partial charge in [-0.1, -0.05) is 107 Å². The largest absolute Gasteiger partial charge is 0.446 e. The summed E-state index contributed by atoms with van der Waals surface area (Å²) in [5.74, 6) is -0.868. The molecule has 0 spiro atoms. The molecule has 2 unspecified atom stereocenters. The Morgan fingerprint density at radius 1 is 0.651 bits per heavy atom. The van der Waals surface area contributed by atoms with Crippen molar-refractivity contribution in [2.24, 2.45) is 5.92 Å². The molecule has 4 aromatic carbocycles. The van der Waals surface area contributed by atoms with Crippen molar-refractivity contribution in [1.82, 2.24) is 0 Å². The molecular weight excluding hydrogens is 532 g/mol. The van der Waals surface area contributed by atoms with Gasteiger partial charge in [-0.15, -0.1) is 0 Å². The van der Waals surface area contributed by atoms with Crippen LogP contribution in [0.3, 0.4) is 0 Å². The molecule has 0 radical (unpaired) electrons. The van der Waals surface area contributed by atoms with Gasteiger partial charge in [-0.3, -0.25) is 0 Å². The highest BCUT2D eigenvalue weighted by Gasteiger charge is 2.50. The maximum absolute atomic E-state index is 13.1. The van der Waals surface area contributed by atoms with E-state index in [4.69, 9.17) is 9.47 Å². The van der Waals surface area contributed by atoms with Crippen LogP contribution in [-0.4, -0.2) is 11.9 Å². The molecule has 0 saturated heterocycles. The van der Waals surface area contributed by atoms with E-state index >= 15 is 0 Å². The number of hydrogen-bond donors (Lipinski definition) is 0. The molecule has 0 fully saturated rings. The lowest BCUT2D eigenvalue weighted by Gasteiger charge is -2.36. The molecule has 6 rings (SSSR count). The highest BCUT2D eigenvalue weighted by molar-refractivity contribution is 5.92. The molecule has 0 bridgehead atoms. The number of carbonyl (C=O) groups excluding carboxylic acids is 2. The monoisotopic (exact) mass is 568 g/mol. The fourth-order valence-corrected chi connectivity index (χ4v) is 6.85. The number of ether oxygens (including phenoxy) is 2. The molecule has 0 N–H and O–H groups in total. The lowest BCUT2D eigenvalue weighted by molar-refractivity contribution is -0.155. The molecule has 4 nitrogen and oxygen atoms in total. The molecule has 0 heterocycles. The Bertz CT molecular complexity index is 1840. The second-order valence-electron chi connectivity index (χ2n) is 12.0. The number of esters is 2. The topological polar surface area (TPSA) is 52.6 Å². The molecule has 2 aliphatic carbocycles. The number of rotatable bonds is 7. The summed E-state index contributed by atoms with van der Waals surface area (Å²) in [6, 6.07) is 29.0. The number of fused-ring (bicyclic) bond motifs is 6. The molecule has 0 aromatic heterocycles. The summed E-state index contributed by atoms with van der Waals surface area (Å²) in [4.78, 5) is 26.1. The summed E-state index contributed by atoms with van der Waals surface area (Å²) >= 11 is 0. The maximum Gasteiger partial charge on any atom is 0.334 e. The summed E-state index contributed by atoms with van der Waals surface area (Å²) in [6.45, 7) is 17.3. The van der Waals surface area contributed by atoms with Gasteiger partial charge in [0, 0.05) is 39.3 Å². The maximum atomic E-state index is 13.1. The van der Waals surface area contributed by atoms with Crippen molar-refractivity contribution in [3.63, 3.8) is 0 Å². The van der Waals surface area contributed by atoms with Gasteiger partial charge in [0.25, 0.3) is 0 Å². The molecule has 0 saturated carbocycles. The minimum absolute atomic E-state index is 0.0442. The standard InChI is InChI=1S/C39H36O4/c1-8-38(42-36(40)23(2)3)32-15-11-9-13-28(32)30-19-17-26(21-34(30)38)27-18-20-31-29-14-10-12-16-33(29)39(25(6)7,35(31)22-27)43-37(41)24(4)5/h9-22,25H,2,4,8H2,1,3,5-7H3. The molecule has 2 atom stereocenters. The Morgan fingerprint density at radius 2 is 1.12 bits per heavy atom. The molecule has 2 aliphatic rings. The zero-order valence-electron chi connectivity index (χ0n) is 25.4. The summed E-state index contributed by atoms with van der Waals surface area (Å²) in [6.07, 6.45) is 0.576. The van der Waals surface area contributed by atoms with Crippen LogP contribution in [0.5, 0.6) is 0 Å². The van der Waals surface area contributed by atoms with Crippen LogP contribution in [0.2, 0.25) is 0 Å². The van der Waals surface area contributed by atoms with Crippen LogP contribution in [0, 0.1) is 5.92 Å². The van der Waals surface area contributed by atoms with Gasteiger partial charge in [-0.05, 0) is 65.8 Å². The average Bonchev–Trinajstić information content (AvgIpc) is 3.44. The first-order chi connectivity index (χ1) is 20.5. The van der Waals surface area contributed by atoms with Crippen LogP contribution < -0.4 is 0 Å². The predicted molar refractivity (Wildman–Crippen MR) is 171 cm³/mol. The smallest absolute Gasteiger partial charge is 0.334 e. The van der Waals surface area contributed by atoms with Crippen LogP contribution >= 0.6 is 0 Å². The Kier molecular flexibility index (Phi) is 6.76. The van der Waals surface area contributed by atoms with E-state index in [1.165, 1.54) is 0 Å². The third-order valence-corrected chi connectivity index (χ3v) is 9.01. The van der Waals surface area contributed by atoms with E-state index in [-0.39, 0.29) is 5.92 Å². The zero-order chi connectivity index (χ0) is 30.7. The first-order valence-corrected chi connectivity index (χ1v) is 14.8. The normalized spacial score (nSPS) is 19.2. The Hall–Kier alpha value is -4.70. The average molecular weight is 569 g/mol. The van der Waals surface area contributed by atoms with Crippen LogP contribution in [0.1, 0.15) is 63.3 Å². The lowest BCUT2D eigenvalue weighted by atomic mass is 9.80. The molecule has 43 heavy (non-hydrogen) atoms. The quantitative estimate of drug-likeness (QED) is 0.165. The van der Waals surface area contributed by atoms with Crippen molar-refractivity contribution in [1.29, 1.82) is 0 Å². The Balaban J connectivity index is 1.54. The van der Waals surface area contributed by atoms with E-state index in [2.05, 4.69) is 81.6 Å². The van der Waals surface area contributed by atoms with E-state index in [0.29, 0.717) is 17.6 Å². The predicted octanol–water partition coefficient (Wildman–Crippen LogP) is 9.11. The van der Waals surface area contributed by atoms with E-state index in [1.54, 1.807) is 13.8 Å². The summed E-state index contributed by atoms with van der Waals surface area (Å²) in [5, 5.41) is 0.